The van der Waals surface area contributed by atoms with Gasteiger partial charge in [0.15, 0.2) is 0 Å². The molecule has 0 aliphatic carbocycles. The zero-order valence-electron chi connectivity index (χ0n) is 11.3. The van der Waals surface area contributed by atoms with Gasteiger partial charge in [-0.2, -0.15) is 0 Å². The first-order valence-corrected chi connectivity index (χ1v) is 7.18. The van der Waals surface area contributed by atoms with Crippen molar-refractivity contribution in [2.24, 2.45) is 0 Å². The second-order valence-corrected chi connectivity index (χ2v) is 5.11. The van der Waals surface area contributed by atoms with E-state index in [1.807, 2.05) is 11.8 Å². The molecule has 0 aliphatic heterocycles. The molecule has 0 radical (unpaired) electrons. The largest absolute Gasteiger partial charge is 0.465 e. The van der Waals surface area contributed by atoms with Gasteiger partial charge in [0.05, 0.1) is 13.2 Å². The summed E-state index contributed by atoms with van der Waals surface area (Å²) >= 11 is 3.40. The van der Waals surface area contributed by atoms with Crippen LogP contribution in [0.2, 0.25) is 0 Å². The van der Waals surface area contributed by atoms with Crippen molar-refractivity contribution < 1.29 is 13.9 Å². The number of carbonyl (C=O) groups excluding carboxylic acids is 1. The van der Waals surface area contributed by atoms with E-state index in [4.69, 9.17) is 4.74 Å². The number of benzene rings is 1. The third kappa shape index (κ3) is 5.70. The molecule has 1 rings (SSSR count). The normalized spacial score (nSPS) is 10.8. The third-order valence-corrected chi connectivity index (χ3v) is 3.37. The number of ether oxygens (including phenoxy) is 1. The molecule has 0 spiro atoms. The molecule has 0 aliphatic rings. The Morgan fingerprint density at radius 3 is 2.79 bits per heavy atom. The molecule has 0 fully saturated rings. The van der Waals surface area contributed by atoms with E-state index in [0.29, 0.717) is 13.2 Å². The first kappa shape index (κ1) is 16.1. The SMILES string of the molecule is CCCN(CC(=O)OCC)Cc1cc(F)ccc1Br. The van der Waals surface area contributed by atoms with E-state index in [-0.39, 0.29) is 18.3 Å². The van der Waals surface area contributed by atoms with E-state index in [9.17, 15) is 9.18 Å². The Hall–Kier alpha value is -0.940. The lowest BCUT2D eigenvalue weighted by molar-refractivity contribution is -0.144. The number of hydrogen-bond acceptors (Lipinski definition) is 3. The summed E-state index contributed by atoms with van der Waals surface area (Å²) in [6.45, 7) is 5.71. The van der Waals surface area contributed by atoms with Crippen LogP contribution in [0.4, 0.5) is 4.39 Å². The highest BCUT2D eigenvalue weighted by Crippen LogP contribution is 2.19. The lowest BCUT2D eigenvalue weighted by Crippen LogP contribution is -2.31. The molecule has 106 valence electrons. The molecule has 0 saturated heterocycles. The molecule has 0 saturated carbocycles. The molecule has 0 unspecified atom stereocenters. The van der Waals surface area contributed by atoms with E-state index in [0.717, 1.165) is 23.0 Å². The molecule has 0 aromatic heterocycles. The highest BCUT2D eigenvalue weighted by Gasteiger charge is 2.13. The molecular formula is C14H19BrFNO2. The summed E-state index contributed by atoms with van der Waals surface area (Å²) in [7, 11) is 0. The van der Waals surface area contributed by atoms with Gasteiger partial charge in [0.25, 0.3) is 0 Å². The van der Waals surface area contributed by atoms with Crippen LogP contribution in [-0.2, 0) is 16.1 Å². The number of hydrogen-bond donors (Lipinski definition) is 0. The van der Waals surface area contributed by atoms with Crippen LogP contribution in [0.3, 0.4) is 0 Å². The molecule has 5 heteroatoms. The highest BCUT2D eigenvalue weighted by atomic mass is 79.9. The van der Waals surface area contributed by atoms with Gasteiger partial charge in [-0.3, -0.25) is 9.69 Å². The number of carbonyl (C=O) groups is 1. The molecule has 0 heterocycles. The van der Waals surface area contributed by atoms with Crippen molar-refractivity contribution in [3.63, 3.8) is 0 Å². The van der Waals surface area contributed by atoms with Crippen LogP contribution in [-0.4, -0.2) is 30.6 Å². The van der Waals surface area contributed by atoms with Gasteiger partial charge in [-0.25, -0.2) is 4.39 Å². The Bertz CT molecular complexity index is 426. The van der Waals surface area contributed by atoms with Crippen molar-refractivity contribution in [3.8, 4) is 0 Å². The molecule has 0 amide bonds. The Morgan fingerprint density at radius 2 is 2.16 bits per heavy atom. The molecule has 0 bridgehead atoms. The highest BCUT2D eigenvalue weighted by molar-refractivity contribution is 9.10. The van der Waals surface area contributed by atoms with Gasteiger partial charge in [-0.05, 0) is 43.7 Å². The van der Waals surface area contributed by atoms with Gasteiger partial charge in [-0.1, -0.05) is 22.9 Å². The summed E-state index contributed by atoms with van der Waals surface area (Å²) in [6.07, 6.45) is 0.923. The zero-order chi connectivity index (χ0) is 14.3. The summed E-state index contributed by atoms with van der Waals surface area (Å²) in [6, 6.07) is 4.57. The predicted octanol–water partition coefficient (Wildman–Crippen LogP) is 3.36. The van der Waals surface area contributed by atoms with Crippen LogP contribution in [0.5, 0.6) is 0 Å². The van der Waals surface area contributed by atoms with Gasteiger partial charge >= 0.3 is 5.97 Å². The fraction of sp³-hybridized carbons (Fsp3) is 0.500. The summed E-state index contributed by atoms with van der Waals surface area (Å²) in [5.41, 5.74) is 0.831. The average molecular weight is 332 g/mol. The van der Waals surface area contributed by atoms with Crippen LogP contribution in [0.25, 0.3) is 0 Å². The third-order valence-electron chi connectivity index (χ3n) is 2.60. The Kier molecular flexibility index (Phi) is 7.02. The first-order valence-electron chi connectivity index (χ1n) is 6.38. The van der Waals surface area contributed by atoms with Gasteiger partial charge in [0, 0.05) is 11.0 Å². The summed E-state index contributed by atoms with van der Waals surface area (Å²) < 4.78 is 19.0. The van der Waals surface area contributed by atoms with Crippen molar-refractivity contribution in [1.82, 2.24) is 4.90 Å². The maximum absolute atomic E-state index is 13.2. The molecule has 3 nitrogen and oxygen atoms in total. The van der Waals surface area contributed by atoms with E-state index < -0.39 is 0 Å². The number of esters is 1. The van der Waals surface area contributed by atoms with Crippen LogP contribution in [0, 0.1) is 5.82 Å². The first-order chi connectivity index (χ1) is 9.06. The smallest absolute Gasteiger partial charge is 0.320 e. The predicted molar refractivity (Wildman–Crippen MR) is 76.3 cm³/mol. The van der Waals surface area contributed by atoms with Crippen LogP contribution >= 0.6 is 15.9 Å². The summed E-state index contributed by atoms with van der Waals surface area (Å²) in [5.74, 6) is -0.519. The minimum absolute atomic E-state index is 0.227. The van der Waals surface area contributed by atoms with E-state index in [2.05, 4.69) is 15.9 Å². The van der Waals surface area contributed by atoms with Gasteiger partial charge < -0.3 is 4.74 Å². The van der Waals surface area contributed by atoms with Gasteiger partial charge in [0.1, 0.15) is 5.82 Å². The minimum atomic E-state index is -0.272. The molecule has 0 atom stereocenters. The second-order valence-electron chi connectivity index (χ2n) is 4.25. The van der Waals surface area contributed by atoms with Gasteiger partial charge in [-0.15, -0.1) is 0 Å². The molecule has 19 heavy (non-hydrogen) atoms. The van der Waals surface area contributed by atoms with E-state index >= 15 is 0 Å². The Labute approximate surface area is 121 Å². The number of rotatable bonds is 7. The fourth-order valence-electron chi connectivity index (χ4n) is 1.82. The van der Waals surface area contributed by atoms with Gasteiger partial charge in [0.2, 0.25) is 0 Å². The maximum Gasteiger partial charge on any atom is 0.320 e. The van der Waals surface area contributed by atoms with Crippen LogP contribution < -0.4 is 0 Å². The van der Waals surface area contributed by atoms with E-state index in [1.165, 1.54) is 12.1 Å². The number of nitrogens with zero attached hydrogens (tertiary/aromatic N) is 1. The molecule has 1 aromatic carbocycles. The summed E-state index contributed by atoms with van der Waals surface area (Å²) in [4.78, 5) is 13.5. The van der Waals surface area contributed by atoms with Crippen LogP contribution in [0.1, 0.15) is 25.8 Å². The second kappa shape index (κ2) is 8.27. The summed E-state index contributed by atoms with van der Waals surface area (Å²) in [5, 5.41) is 0. The zero-order valence-corrected chi connectivity index (χ0v) is 12.9. The monoisotopic (exact) mass is 331 g/mol. The number of halogens is 2. The lowest BCUT2D eigenvalue weighted by Gasteiger charge is -2.21. The maximum atomic E-state index is 13.2. The fourth-order valence-corrected chi connectivity index (χ4v) is 2.20. The van der Waals surface area contributed by atoms with Crippen molar-refractivity contribution in [2.75, 3.05) is 19.7 Å². The Balaban J connectivity index is 2.71. The van der Waals surface area contributed by atoms with Crippen molar-refractivity contribution >= 4 is 21.9 Å². The molecule has 1 aromatic rings. The Morgan fingerprint density at radius 1 is 1.42 bits per heavy atom. The quantitative estimate of drug-likeness (QED) is 0.717. The van der Waals surface area contributed by atoms with E-state index in [1.54, 1.807) is 13.0 Å². The van der Waals surface area contributed by atoms with Crippen molar-refractivity contribution in [2.45, 2.75) is 26.8 Å². The molecular weight excluding hydrogens is 313 g/mol. The minimum Gasteiger partial charge on any atom is -0.465 e. The van der Waals surface area contributed by atoms with Crippen molar-refractivity contribution in [1.29, 1.82) is 0 Å². The topological polar surface area (TPSA) is 29.5 Å². The van der Waals surface area contributed by atoms with Crippen LogP contribution in [0.15, 0.2) is 22.7 Å². The lowest BCUT2D eigenvalue weighted by atomic mass is 10.2. The van der Waals surface area contributed by atoms with Crippen molar-refractivity contribution in [3.05, 3.63) is 34.1 Å². The average Bonchev–Trinajstić information content (AvgIpc) is 2.34. The standard InChI is InChI=1S/C14H19BrFNO2/c1-3-7-17(10-14(18)19-4-2)9-11-8-12(16)5-6-13(11)15/h5-6,8H,3-4,7,9-10H2,1-2H3. The molecule has 0 N–H and O–H groups in total.